The molecule has 1 unspecified atom stereocenters. The Morgan fingerprint density at radius 3 is 2.56 bits per heavy atom. The molecule has 1 atom stereocenters. The highest BCUT2D eigenvalue weighted by atomic mass is 19.1. The van der Waals surface area contributed by atoms with Crippen LogP contribution < -0.4 is 5.32 Å². The van der Waals surface area contributed by atoms with Crippen LogP contribution in [0.4, 0.5) is 4.39 Å². The maximum Gasteiger partial charge on any atom is 0.126 e. The highest BCUT2D eigenvalue weighted by Crippen LogP contribution is 2.18. The predicted molar refractivity (Wildman–Crippen MR) is 64.2 cm³/mol. The molecule has 1 rings (SSSR count). The summed E-state index contributed by atoms with van der Waals surface area (Å²) in [5, 5.41) is 3.31. The van der Waals surface area contributed by atoms with Gasteiger partial charge in [-0.25, -0.2) is 4.39 Å². The first-order chi connectivity index (χ1) is 7.65. The van der Waals surface area contributed by atoms with Gasteiger partial charge in [0.1, 0.15) is 5.82 Å². The third-order valence-corrected chi connectivity index (χ3v) is 2.49. The second kappa shape index (κ2) is 6.61. The van der Waals surface area contributed by atoms with E-state index in [1.165, 1.54) is 6.07 Å². The van der Waals surface area contributed by atoms with E-state index in [9.17, 15) is 4.39 Å². The zero-order valence-corrected chi connectivity index (χ0v) is 10.2. The first-order valence-corrected chi connectivity index (χ1v) is 5.62. The summed E-state index contributed by atoms with van der Waals surface area (Å²) < 4.78 is 18.7. The summed E-state index contributed by atoms with van der Waals surface area (Å²) in [6.07, 6.45) is 0. The molecular formula is C13H20FNO. The molecule has 0 radical (unpaired) electrons. The lowest BCUT2D eigenvalue weighted by atomic mass is 9.99. The van der Waals surface area contributed by atoms with E-state index in [4.69, 9.17) is 4.74 Å². The zero-order valence-electron chi connectivity index (χ0n) is 10.2. The molecular weight excluding hydrogens is 205 g/mol. The van der Waals surface area contributed by atoms with Crippen molar-refractivity contribution in [3.05, 3.63) is 35.6 Å². The van der Waals surface area contributed by atoms with Gasteiger partial charge in [-0.3, -0.25) is 0 Å². The van der Waals surface area contributed by atoms with Crippen molar-refractivity contribution in [2.75, 3.05) is 20.3 Å². The monoisotopic (exact) mass is 225 g/mol. The molecule has 0 aliphatic rings. The van der Waals surface area contributed by atoms with Gasteiger partial charge in [0.15, 0.2) is 0 Å². The van der Waals surface area contributed by atoms with Crippen LogP contribution in [0.3, 0.4) is 0 Å². The minimum absolute atomic E-state index is 0.0635. The Hall–Kier alpha value is -0.930. The van der Waals surface area contributed by atoms with Crippen LogP contribution in [0.1, 0.15) is 25.3 Å². The topological polar surface area (TPSA) is 21.3 Å². The number of hydrogen-bond donors (Lipinski definition) is 1. The van der Waals surface area contributed by atoms with Crippen LogP contribution in [0.5, 0.6) is 0 Å². The standard InChI is InChI=1S/C13H20FNO/c1-10(2)15-8-11(9-16-3)12-6-4-5-7-13(12)14/h4-7,10-11,15H,8-9H2,1-3H3. The number of halogens is 1. The SMILES string of the molecule is COCC(CNC(C)C)c1ccccc1F. The first kappa shape index (κ1) is 13.1. The van der Waals surface area contributed by atoms with E-state index in [-0.39, 0.29) is 11.7 Å². The van der Waals surface area contributed by atoms with Crippen LogP contribution in [0.15, 0.2) is 24.3 Å². The van der Waals surface area contributed by atoms with E-state index in [0.29, 0.717) is 12.6 Å². The van der Waals surface area contributed by atoms with Crippen LogP contribution >= 0.6 is 0 Å². The average molecular weight is 225 g/mol. The van der Waals surface area contributed by atoms with Gasteiger partial charge in [-0.15, -0.1) is 0 Å². The Kier molecular flexibility index (Phi) is 5.43. The van der Waals surface area contributed by atoms with E-state index >= 15 is 0 Å². The summed E-state index contributed by atoms with van der Waals surface area (Å²) in [5.74, 6) is -0.0938. The molecule has 0 saturated carbocycles. The minimum atomic E-state index is -0.157. The van der Waals surface area contributed by atoms with Gasteiger partial charge in [0.05, 0.1) is 6.61 Å². The van der Waals surface area contributed by atoms with Gasteiger partial charge in [0.2, 0.25) is 0 Å². The maximum atomic E-state index is 13.6. The number of methoxy groups -OCH3 is 1. The molecule has 0 bridgehead atoms. The van der Waals surface area contributed by atoms with Crippen molar-refractivity contribution in [2.45, 2.75) is 25.8 Å². The molecule has 1 aromatic carbocycles. The largest absolute Gasteiger partial charge is 0.384 e. The van der Waals surface area contributed by atoms with E-state index < -0.39 is 0 Å². The lowest BCUT2D eigenvalue weighted by Gasteiger charge is -2.19. The maximum absolute atomic E-state index is 13.6. The molecule has 0 fully saturated rings. The second-order valence-corrected chi connectivity index (χ2v) is 4.24. The number of rotatable bonds is 6. The van der Waals surface area contributed by atoms with Crippen molar-refractivity contribution in [3.63, 3.8) is 0 Å². The lowest BCUT2D eigenvalue weighted by Crippen LogP contribution is -2.30. The molecule has 0 aromatic heterocycles. The fourth-order valence-corrected chi connectivity index (χ4v) is 1.64. The Morgan fingerprint density at radius 2 is 2.00 bits per heavy atom. The Labute approximate surface area is 96.8 Å². The van der Waals surface area contributed by atoms with Gasteiger partial charge in [0, 0.05) is 25.6 Å². The van der Waals surface area contributed by atoms with E-state index in [1.54, 1.807) is 13.2 Å². The summed E-state index contributed by atoms with van der Waals surface area (Å²) in [5.41, 5.74) is 0.720. The Balaban J connectivity index is 2.73. The zero-order chi connectivity index (χ0) is 12.0. The number of hydrogen-bond acceptors (Lipinski definition) is 2. The Bertz CT molecular complexity index is 315. The number of benzene rings is 1. The summed E-state index contributed by atoms with van der Waals surface area (Å²) >= 11 is 0. The van der Waals surface area contributed by atoms with Crippen LogP contribution in [-0.4, -0.2) is 26.3 Å². The second-order valence-electron chi connectivity index (χ2n) is 4.24. The third-order valence-electron chi connectivity index (χ3n) is 2.49. The minimum Gasteiger partial charge on any atom is -0.384 e. The smallest absolute Gasteiger partial charge is 0.126 e. The van der Waals surface area contributed by atoms with Crippen molar-refractivity contribution in [1.82, 2.24) is 5.32 Å². The number of ether oxygens (including phenoxy) is 1. The van der Waals surface area contributed by atoms with Gasteiger partial charge in [-0.2, -0.15) is 0 Å². The van der Waals surface area contributed by atoms with Gasteiger partial charge in [-0.1, -0.05) is 32.0 Å². The molecule has 0 spiro atoms. The van der Waals surface area contributed by atoms with Crippen LogP contribution in [0, 0.1) is 5.82 Å². The molecule has 0 saturated heterocycles. The third kappa shape index (κ3) is 3.91. The van der Waals surface area contributed by atoms with E-state index in [0.717, 1.165) is 12.1 Å². The Morgan fingerprint density at radius 1 is 1.31 bits per heavy atom. The highest BCUT2D eigenvalue weighted by Gasteiger charge is 2.15. The van der Waals surface area contributed by atoms with E-state index in [1.807, 2.05) is 12.1 Å². The molecule has 90 valence electrons. The molecule has 1 aromatic rings. The predicted octanol–water partition coefficient (Wildman–Crippen LogP) is 2.55. The molecule has 0 amide bonds. The molecule has 0 heterocycles. The molecule has 16 heavy (non-hydrogen) atoms. The summed E-state index contributed by atoms with van der Waals surface area (Å²) in [7, 11) is 1.64. The van der Waals surface area contributed by atoms with Crippen LogP contribution in [0.25, 0.3) is 0 Å². The van der Waals surface area contributed by atoms with Crippen LogP contribution in [0.2, 0.25) is 0 Å². The van der Waals surface area contributed by atoms with Crippen LogP contribution in [-0.2, 0) is 4.74 Å². The van der Waals surface area contributed by atoms with Crippen molar-refractivity contribution in [2.24, 2.45) is 0 Å². The quantitative estimate of drug-likeness (QED) is 0.803. The normalized spacial score (nSPS) is 13.1. The molecule has 2 nitrogen and oxygen atoms in total. The molecule has 1 N–H and O–H groups in total. The number of nitrogens with one attached hydrogen (secondary N) is 1. The van der Waals surface area contributed by atoms with Gasteiger partial charge >= 0.3 is 0 Å². The fourth-order valence-electron chi connectivity index (χ4n) is 1.64. The van der Waals surface area contributed by atoms with Crippen molar-refractivity contribution < 1.29 is 9.13 Å². The average Bonchev–Trinajstić information content (AvgIpc) is 2.25. The molecule has 0 aliphatic carbocycles. The fraction of sp³-hybridized carbons (Fsp3) is 0.538. The van der Waals surface area contributed by atoms with Crippen molar-refractivity contribution >= 4 is 0 Å². The highest BCUT2D eigenvalue weighted by molar-refractivity contribution is 5.22. The summed E-state index contributed by atoms with van der Waals surface area (Å²) in [4.78, 5) is 0. The first-order valence-electron chi connectivity index (χ1n) is 5.62. The summed E-state index contributed by atoms with van der Waals surface area (Å²) in [6.45, 7) is 5.41. The van der Waals surface area contributed by atoms with Gasteiger partial charge in [-0.05, 0) is 11.6 Å². The lowest BCUT2D eigenvalue weighted by molar-refractivity contribution is 0.175. The van der Waals surface area contributed by atoms with E-state index in [2.05, 4.69) is 19.2 Å². The van der Waals surface area contributed by atoms with Gasteiger partial charge < -0.3 is 10.1 Å². The van der Waals surface area contributed by atoms with Crippen molar-refractivity contribution in [3.8, 4) is 0 Å². The molecule has 0 aliphatic heterocycles. The van der Waals surface area contributed by atoms with Crippen molar-refractivity contribution in [1.29, 1.82) is 0 Å². The van der Waals surface area contributed by atoms with Gasteiger partial charge in [0.25, 0.3) is 0 Å². The molecule has 3 heteroatoms. The summed E-state index contributed by atoms with van der Waals surface area (Å²) in [6, 6.07) is 7.27.